The summed E-state index contributed by atoms with van der Waals surface area (Å²) in [5.74, 6) is -0.120. The van der Waals surface area contributed by atoms with Gasteiger partial charge in [-0.15, -0.1) is 0 Å². The molecule has 0 saturated carbocycles. The van der Waals surface area contributed by atoms with Gasteiger partial charge in [0.2, 0.25) is 0 Å². The number of pyridine rings is 1. The average molecular weight is 356 g/mol. The van der Waals surface area contributed by atoms with Gasteiger partial charge in [0.15, 0.2) is 0 Å². The summed E-state index contributed by atoms with van der Waals surface area (Å²) in [6, 6.07) is 17.8. The van der Waals surface area contributed by atoms with Gasteiger partial charge in [-0.1, -0.05) is 48.0 Å². The number of aromatic nitrogens is 3. The number of nitrogens with zero attached hydrogens (tertiary/aromatic N) is 3. The number of aryl methyl sites for hydroxylation is 2. The molecule has 2 aromatic heterocycles. The number of para-hydroxylation sites is 1. The van der Waals surface area contributed by atoms with E-state index < -0.39 is 0 Å². The summed E-state index contributed by atoms with van der Waals surface area (Å²) < 4.78 is 1.72. The van der Waals surface area contributed by atoms with Crippen LogP contribution in [0.15, 0.2) is 67.0 Å². The third-order valence-corrected chi connectivity index (χ3v) is 4.52. The number of rotatable bonds is 4. The molecule has 4 rings (SSSR count). The van der Waals surface area contributed by atoms with Gasteiger partial charge in [-0.2, -0.15) is 5.10 Å². The molecule has 0 spiro atoms. The summed E-state index contributed by atoms with van der Waals surface area (Å²) in [6.45, 7) is 2.48. The Morgan fingerprint density at radius 1 is 1.11 bits per heavy atom. The summed E-state index contributed by atoms with van der Waals surface area (Å²) in [4.78, 5) is 17.7. The summed E-state index contributed by atoms with van der Waals surface area (Å²) in [5, 5.41) is 7.97. The Labute approximate surface area is 157 Å². The lowest BCUT2D eigenvalue weighted by atomic mass is 10.0. The number of amides is 1. The van der Waals surface area contributed by atoms with Crippen LogP contribution in [0.4, 0.5) is 0 Å². The average Bonchev–Trinajstić information content (AvgIpc) is 3.11. The van der Waals surface area contributed by atoms with Crippen molar-refractivity contribution < 1.29 is 4.79 Å². The lowest BCUT2D eigenvalue weighted by Crippen LogP contribution is -2.23. The molecule has 0 fully saturated rings. The molecule has 1 amide bonds. The van der Waals surface area contributed by atoms with Crippen molar-refractivity contribution >= 4 is 16.8 Å². The van der Waals surface area contributed by atoms with E-state index in [0.29, 0.717) is 12.1 Å². The van der Waals surface area contributed by atoms with Crippen molar-refractivity contribution in [1.29, 1.82) is 0 Å². The van der Waals surface area contributed by atoms with Crippen LogP contribution in [0.25, 0.3) is 22.2 Å². The van der Waals surface area contributed by atoms with E-state index in [2.05, 4.69) is 17.3 Å². The van der Waals surface area contributed by atoms with Crippen LogP contribution in [0, 0.1) is 6.92 Å². The SMILES string of the molecule is Cc1ccc(-c2cc(C(=O)NCc3cnn(C)c3)c3ccccc3n2)cc1. The highest BCUT2D eigenvalue weighted by Crippen LogP contribution is 2.25. The Morgan fingerprint density at radius 3 is 2.63 bits per heavy atom. The van der Waals surface area contributed by atoms with Crippen molar-refractivity contribution in [2.75, 3.05) is 0 Å². The zero-order chi connectivity index (χ0) is 18.8. The van der Waals surface area contributed by atoms with Gasteiger partial charge in [-0.25, -0.2) is 4.98 Å². The van der Waals surface area contributed by atoms with E-state index >= 15 is 0 Å². The van der Waals surface area contributed by atoms with Crippen LogP contribution < -0.4 is 5.32 Å². The second kappa shape index (κ2) is 7.03. The number of hydrogen-bond donors (Lipinski definition) is 1. The maximum Gasteiger partial charge on any atom is 0.252 e. The highest BCUT2D eigenvalue weighted by atomic mass is 16.1. The molecule has 0 unspecified atom stereocenters. The second-order valence-corrected chi connectivity index (χ2v) is 6.64. The third-order valence-electron chi connectivity index (χ3n) is 4.52. The summed E-state index contributed by atoms with van der Waals surface area (Å²) in [7, 11) is 1.86. The van der Waals surface area contributed by atoms with Crippen LogP contribution in [-0.2, 0) is 13.6 Å². The number of hydrogen-bond acceptors (Lipinski definition) is 3. The van der Waals surface area contributed by atoms with Crippen LogP contribution in [-0.4, -0.2) is 20.7 Å². The summed E-state index contributed by atoms with van der Waals surface area (Å²) in [5.41, 5.74) is 5.37. The molecule has 5 nitrogen and oxygen atoms in total. The predicted octanol–water partition coefficient (Wildman–Crippen LogP) is 3.87. The maximum absolute atomic E-state index is 12.9. The van der Waals surface area contributed by atoms with Crippen LogP contribution in [0.3, 0.4) is 0 Å². The van der Waals surface area contributed by atoms with E-state index in [0.717, 1.165) is 27.7 Å². The van der Waals surface area contributed by atoms with Crippen LogP contribution in [0.5, 0.6) is 0 Å². The zero-order valence-corrected chi connectivity index (χ0v) is 15.3. The minimum absolute atomic E-state index is 0.120. The number of carbonyl (C=O) groups is 1. The molecule has 0 atom stereocenters. The minimum Gasteiger partial charge on any atom is -0.348 e. The van der Waals surface area contributed by atoms with E-state index in [1.807, 2.05) is 67.8 Å². The highest BCUT2D eigenvalue weighted by molar-refractivity contribution is 6.07. The standard InChI is InChI=1S/C22H20N4O/c1-15-7-9-17(10-8-15)21-11-19(18-5-3-4-6-20(18)25-21)22(27)23-12-16-13-24-26(2)14-16/h3-11,13-14H,12H2,1-2H3,(H,23,27). The second-order valence-electron chi connectivity index (χ2n) is 6.64. The van der Waals surface area contributed by atoms with Crippen molar-refractivity contribution in [1.82, 2.24) is 20.1 Å². The van der Waals surface area contributed by atoms with Crippen molar-refractivity contribution in [2.24, 2.45) is 7.05 Å². The molecular formula is C22H20N4O. The molecule has 0 saturated heterocycles. The smallest absolute Gasteiger partial charge is 0.252 e. The van der Waals surface area contributed by atoms with Crippen LogP contribution in [0.2, 0.25) is 0 Å². The first-order chi connectivity index (χ1) is 13.1. The van der Waals surface area contributed by atoms with E-state index in [1.54, 1.807) is 10.9 Å². The lowest BCUT2D eigenvalue weighted by molar-refractivity contribution is 0.0952. The quantitative estimate of drug-likeness (QED) is 0.604. The Hall–Kier alpha value is -3.47. The molecule has 0 radical (unpaired) electrons. The predicted molar refractivity (Wildman–Crippen MR) is 106 cm³/mol. The number of fused-ring (bicyclic) bond motifs is 1. The van der Waals surface area contributed by atoms with Gasteiger partial charge in [0.05, 0.1) is 23.0 Å². The van der Waals surface area contributed by atoms with Crippen molar-refractivity contribution in [3.05, 3.63) is 83.7 Å². The van der Waals surface area contributed by atoms with E-state index in [4.69, 9.17) is 4.98 Å². The maximum atomic E-state index is 12.9. The first kappa shape index (κ1) is 17.0. The van der Waals surface area contributed by atoms with Gasteiger partial charge in [-0.05, 0) is 19.1 Å². The Morgan fingerprint density at radius 2 is 1.89 bits per heavy atom. The van der Waals surface area contributed by atoms with Crippen molar-refractivity contribution in [3.8, 4) is 11.3 Å². The van der Waals surface area contributed by atoms with Gasteiger partial charge in [0.25, 0.3) is 5.91 Å². The van der Waals surface area contributed by atoms with Gasteiger partial charge < -0.3 is 5.32 Å². The molecule has 2 aromatic carbocycles. The Balaban J connectivity index is 1.71. The van der Waals surface area contributed by atoms with Crippen molar-refractivity contribution in [2.45, 2.75) is 13.5 Å². The molecule has 2 heterocycles. The van der Waals surface area contributed by atoms with Gasteiger partial charge >= 0.3 is 0 Å². The molecule has 0 aliphatic heterocycles. The molecule has 0 aliphatic carbocycles. The van der Waals surface area contributed by atoms with Crippen molar-refractivity contribution in [3.63, 3.8) is 0 Å². The lowest BCUT2D eigenvalue weighted by Gasteiger charge is -2.10. The molecule has 1 N–H and O–H groups in total. The normalized spacial score (nSPS) is 10.9. The largest absolute Gasteiger partial charge is 0.348 e. The zero-order valence-electron chi connectivity index (χ0n) is 15.3. The van der Waals surface area contributed by atoms with E-state index in [9.17, 15) is 4.79 Å². The molecule has 4 aromatic rings. The van der Waals surface area contributed by atoms with E-state index in [1.165, 1.54) is 5.56 Å². The number of carbonyl (C=O) groups excluding carboxylic acids is 1. The molecule has 0 aliphatic rings. The molecule has 27 heavy (non-hydrogen) atoms. The summed E-state index contributed by atoms with van der Waals surface area (Å²) in [6.07, 6.45) is 3.64. The summed E-state index contributed by atoms with van der Waals surface area (Å²) >= 11 is 0. The fraction of sp³-hybridized carbons (Fsp3) is 0.136. The first-order valence-corrected chi connectivity index (χ1v) is 8.83. The van der Waals surface area contributed by atoms with E-state index in [-0.39, 0.29) is 5.91 Å². The molecule has 5 heteroatoms. The van der Waals surface area contributed by atoms with Gasteiger partial charge in [0, 0.05) is 36.3 Å². The third kappa shape index (κ3) is 3.58. The fourth-order valence-corrected chi connectivity index (χ4v) is 3.08. The Kier molecular flexibility index (Phi) is 4.42. The molecule has 0 bridgehead atoms. The Bertz CT molecular complexity index is 1110. The van der Waals surface area contributed by atoms with Crippen LogP contribution in [0.1, 0.15) is 21.5 Å². The van der Waals surface area contributed by atoms with Gasteiger partial charge in [-0.3, -0.25) is 9.48 Å². The molecule has 134 valence electrons. The minimum atomic E-state index is -0.120. The highest BCUT2D eigenvalue weighted by Gasteiger charge is 2.14. The van der Waals surface area contributed by atoms with Gasteiger partial charge in [0.1, 0.15) is 0 Å². The number of benzene rings is 2. The number of nitrogens with one attached hydrogen (secondary N) is 1. The topological polar surface area (TPSA) is 59.8 Å². The monoisotopic (exact) mass is 356 g/mol. The fourth-order valence-electron chi connectivity index (χ4n) is 3.08. The first-order valence-electron chi connectivity index (χ1n) is 8.83. The van der Waals surface area contributed by atoms with Crippen LogP contribution >= 0.6 is 0 Å². The molecular weight excluding hydrogens is 336 g/mol.